The van der Waals surface area contributed by atoms with Crippen molar-refractivity contribution in [3.8, 4) is 0 Å². The molecule has 0 atom stereocenters. The highest BCUT2D eigenvalue weighted by Gasteiger charge is 2.07. The zero-order valence-electron chi connectivity index (χ0n) is 7.58. The van der Waals surface area contributed by atoms with Gasteiger partial charge < -0.3 is 9.64 Å². The lowest BCUT2D eigenvalue weighted by molar-refractivity contribution is -0.124. The van der Waals surface area contributed by atoms with Crippen molar-refractivity contribution in [3.63, 3.8) is 0 Å². The second kappa shape index (κ2) is 6.64. The zero-order valence-corrected chi connectivity index (χ0v) is 7.58. The molecule has 0 aliphatic carbocycles. The zero-order chi connectivity index (χ0) is 9.40. The van der Waals surface area contributed by atoms with Gasteiger partial charge in [-0.15, -0.1) is 0 Å². The van der Waals surface area contributed by atoms with E-state index in [1.165, 1.54) is 4.90 Å². The third-order valence-electron chi connectivity index (χ3n) is 1.56. The first-order valence-corrected chi connectivity index (χ1v) is 4.07. The Bertz CT molecular complexity index is 147. The van der Waals surface area contributed by atoms with E-state index in [1.807, 2.05) is 0 Å². The fourth-order valence-electron chi connectivity index (χ4n) is 0.821. The van der Waals surface area contributed by atoms with Gasteiger partial charge in [-0.05, 0) is 6.42 Å². The molecule has 0 aromatic rings. The molecule has 0 bridgehead atoms. The molecule has 4 heteroatoms. The molecule has 4 nitrogen and oxygen atoms in total. The van der Waals surface area contributed by atoms with Gasteiger partial charge in [0.25, 0.3) is 0 Å². The van der Waals surface area contributed by atoms with Crippen molar-refractivity contribution in [1.82, 2.24) is 4.90 Å². The van der Waals surface area contributed by atoms with Crippen LogP contribution in [0, 0.1) is 0 Å². The van der Waals surface area contributed by atoms with Crippen molar-refractivity contribution in [3.05, 3.63) is 0 Å². The maximum Gasteiger partial charge on any atom is 0.417 e. The summed E-state index contributed by atoms with van der Waals surface area (Å²) in [5.74, 6) is 0. The average molecular weight is 173 g/mol. The van der Waals surface area contributed by atoms with Gasteiger partial charge >= 0.3 is 12.6 Å². The van der Waals surface area contributed by atoms with Gasteiger partial charge in [-0.1, -0.05) is 19.8 Å². The van der Waals surface area contributed by atoms with Crippen molar-refractivity contribution in [2.45, 2.75) is 26.2 Å². The number of carbonyl (C=O) groups is 2. The van der Waals surface area contributed by atoms with Gasteiger partial charge in [-0.3, -0.25) is 4.79 Å². The van der Waals surface area contributed by atoms with Crippen LogP contribution in [0.1, 0.15) is 26.2 Å². The molecule has 0 spiro atoms. The van der Waals surface area contributed by atoms with Crippen LogP contribution in [0.4, 0.5) is 4.79 Å². The topological polar surface area (TPSA) is 46.6 Å². The summed E-state index contributed by atoms with van der Waals surface area (Å²) < 4.78 is 4.14. The molecule has 0 aromatic heterocycles. The minimum Gasteiger partial charge on any atom is -0.379 e. The Morgan fingerprint density at radius 1 is 1.50 bits per heavy atom. The molecule has 70 valence electrons. The second-order valence-corrected chi connectivity index (χ2v) is 2.61. The van der Waals surface area contributed by atoms with Gasteiger partial charge in [0.15, 0.2) is 0 Å². The largest absolute Gasteiger partial charge is 0.417 e. The van der Waals surface area contributed by atoms with Gasteiger partial charge in [0.1, 0.15) is 0 Å². The van der Waals surface area contributed by atoms with Crippen LogP contribution in [-0.2, 0) is 9.53 Å². The number of ether oxygens (including phenoxy) is 1. The van der Waals surface area contributed by atoms with E-state index in [1.54, 1.807) is 7.05 Å². The maximum atomic E-state index is 10.8. The highest BCUT2D eigenvalue weighted by Crippen LogP contribution is 1.97. The van der Waals surface area contributed by atoms with E-state index in [4.69, 9.17) is 0 Å². The summed E-state index contributed by atoms with van der Waals surface area (Å²) in [6, 6.07) is 0. The molecule has 0 unspecified atom stereocenters. The Morgan fingerprint density at radius 2 is 2.17 bits per heavy atom. The van der Waals surface area contributed by atoms with E-state index < -0.39 is 6.09 Å². The minimum absolute atomic E-state index is 0.151. The first kappa shape index (κ1) is 10.9. The molecule has 0 aliphatic rings. The first-order valence-electron chi connectivity index (χ1n) is 4.07. The quantitative estimate of drug-likeness (QED) is 0.358. The molecule has 0 fully saturated rings. The minimum atomic E-state index is -0.582. The van der Waals surface area contributed by atoms with Crippen LogP contribution in [-0.4, -0.2) is 31.1 Å². The highest BCUT2D eigenvalue weighted by atomic mass is 16.6. The van der Waals surface area contributed by atoms with Crippen LogP contribution in [0.15, 0.2) is 0 Å². The molecule has 0 saturated carbocycles. The normalized spacial score (nSPS) is 9.17. The molecule has 0 saturated heterocycles. The first-order chi connectivity index (χ1) is 5.72. The van der Waals surface area contributed by atoms with Crippen molar-refractivity contribution in [2.24, 2.45) is 0 Å². The van der Waals surface area contributed by atoms with E-state index >= 15 is 0 Å². The Morgan fingerprint density at radius 3 is 2.67 bits per heavy atom. The van der Waals surface area contributed by atoms with Gasteiger partial charge in [0, 0.05) is 13.6 Å². The van der Waals surface area contributed by atoms with Crippen LogP contribution in [0.2, 0.25) is 0 Å². The summed E-state index contributed by atoms with van der Waals surface area (Å²) in [5.41, 5.74) is 0. The SMILES string of the molecule is CCCCCN(C)C(=O)OC=O. The van der Waals surface area contributed by atoms with Gasteiger partial charge in [-0.2, -0.15) is 0 Å². The third-order valence-corrected chi connectivity index (χ3v) is 1.56. The van der Waals surface area contributed by atoms with Crippen molar-refractivity contribution in [2.75, 3.05) is 13.6 Å². The van der Waals surface area contributed by atoms with Crippen LogP contribution in [0.25, 0.3) is 0 Å². The number of hydrogen-bond acceptors (Lipinski definition) is 3. The fourth-order valence-corrected chi connectivity index (χ4v) is 0.821. The predicted molar refractivity (Wildman–Crippen MR) is 44.7 cm³/mol. The Hall–Kier alpha value is -1.06. The number of hydrogen-bond donors (Lipinski definition) is 0. The monoisotopic (exact) mass is 173 g/mol. The number of amides is 1. The lowest BCUT2D eigenvalue weighted by Gasteiger charge is -2.13. The third kappa shape index (κ3) is 4.71. The number of nitrogens with zero attached hydrogens (tertiary/aromatic N) is 1. The van der Waals surface area contributed by atoms with Crippen LogP contribution in [0.3, 0.4) is 0 Å². The molecular formula is C8H15NO3. The van der Waals surface area contributed by atoms with E-state index in [0.717, 1.165) is 19.3 Å². The summed E-state index contributed by atoms with van der Waals surface area (Å²) in [6.07, 6.45) is 2.55. The van der Waals surface area contributed by atoms with Crippen LogP contribution < -0.4 is 0 Å². The molecular weight excluding hydrogens is 158 g/mol. The molecule has 0 radical (unpaired) electrons. The Balaban J connectivity index is 3.49. The van der Waals surface area contributed by atoms with E-state index in [-0.39, 0.29) is 6.47 Å². The summed E-state index contributed by atoms with van der Waals surface area (Å²) >= 11 is 0. The fraction of sp³-hybridized carbons (Fsp3) is 0.750. The van der Waals surface area contributed by atoms with E-state index in [0.29, 0.717) is 6.54 Å². The highest BCUT2D eigenvalue weighted by molar-refractivity contribution is 5.74. The Kier molecular flexibility index (Phi) is 6.05. The lowest BCUT2D eigenvalue weighted by atomic mass is 10.2. The van der Waals surface area contributed by atoms with Crippen molar-refractivity contribution < 1.29 is 14.3 Å². The summed E-state index contributed by atoms with van der Waals surface area (Å²) in [4.78, 5) is 22.0. The summed E-state index contributed by atoms with van der Waals surface area (Å²) in [6.45, 7) is 2.88. The molecule has 12 heavy (non-hydrogen) atoms. The molecule has 0 aliphatic heterocycles. The summed E-state index contributed by atoms with van der Waals surface area (Å²) in [5, 5.41) is 0. The Labute approximate surface area is 72.5 Å². The average Bonchev–Trinajstić information content (AvgIpc) is 2.05. The van der Waals surface area contributed by atoms with Crippen molar-refractivity contribution >= 4 is 12.6 Å². The van der Waals surface area contributed by atoms with E-state index in [2.05, 4.69) is 11.7 Å². The van der Waals surface area contributed by atoms with Gasteiger partial charge in [-0.25, -0.2) is 4.79 Å². The smallest absolute Gasteiger partial charge is 0.379 e. The van der Waals surface area contributed by atoms with Crippen LogP contribution in [0.5, 0.6) is 0 Å². The van der Waals surface area contributed by atoms with Gasteiger partial charge in [0.2, 0.25) is 0 Å². The molecule has 1 amide bonds. The number of rotatable bonds is 5. The molecule has 0 heterocycles. The van der Waals surface area contributed by atoms with Crippen LogP contribution >= 0.6 is 0 Å². The molecule has 0 N–H and O–H groups in total. The van der Waals surface area contributed by atoms with Gasteiger partial charge in [0.05, 0.1) is 0 Å². The van der Waals surface area contributed by atoms with Crippen molar-refractivity contribution in [1.29, 1.82) is 0 Å². The van der Waals surface area contributed by atoms with E-state index in [9.17, 15) is 9.59 Å². The number of carbonyl (C=O) groups excluding carboxylic acids is 2. The molecule has 0 aromatic carbocycles. The second-order valence-electron chi connectivity index (χ2n) is 2.61. The number of unbranched alkanes of at least 4 members (excludes halogenated alkanes) is 2. The standard InChI is InChI=1S/C8H15NO3/c1-3-4-5-6-9(2)8(11)12-7-10/h7H,3-6H2,1-2H3. The molecule has 0 rings (SSSR count). The predicted octanol–water partition coefficient (Wildman–Crippen LogP) is 1.40. The lowest BCUT2D eigenvalue weighted by Crippen LogP contribution is -2.28. The summed E-state index contributed by atoms with van der Waals surface area (Å²) in [7, 11) is 1.61. The maximum absolute atomic E-state index is 10.8.